The van der Waals surface area contributed by atoms with E-state index in [0.717, 1.165) is 12.8 Å². The first kappa shape index (κ1) is 12.5. The van der Waals surface area contributed by atoms with Crippen LogP contribution in [0.3, 0.4) is 0 Å². The summed E-state index contributed by atoms with van der Waals surface area (Å²) in [6.45, 7) is 0. The smallest absolute Gasteiger partial charge is 0.0394 e. The van der Waals surface area contributed by atoms with E-state index >= 15 is 0 Å². The lowest BCUT2D eigenvalue weighted by Crippen LogP contribution is -2.27. The van der Waals surface area contributed by atoms with Gasteiger partial charge in [0.1, 0.15) is 0 Å². The van der Waals surface area contributed by atoms with E-state index in [-0.39, 0.29) is 0 Å². The topological polar surface area (TPSA) is 12.0 Å². The first-order valence-corrected chi connectivity index (χ1v) is 7.67. The van der Waals surface area contributed by atoms with E-state index in [0.29, 0.717) is 12.0 Å². The van der Waals surface area contributed by atoms with Crippen molar-refractivity contribution in [2.45, 2.75) is 18.9 Å². The Labute approximate surface area is 126 Å². The lowest BCUT2D eigenvalue weighted by molar-refractivity contribution is 0.553. The van der Waals surface area contributed by atoms with Gasteiger partial charge in [-0.2, -0.15) is 0 Å². The predicted octanol–water partition coefficient (Wildman–Crippen LogP) is 4.39. The van der Waals surface area contributed by atoms with Gasteiger partial charge in [-0.15, -0.1) is 0 Å². The third kappa shape index (κ3) is 2.52. The van der Waals surface area contributed by atoms with E-state index in [9.17, 15) is 0 Å². The lowest BCUT2D eigenvalue weighted by atomic mass is 9.90. The molecule has 1 heterocycles. The average molecular weight is 273 g/mol. The molecule has 104 valence electrons. The molecule has 0 aromatic heterocycles. The van der Waals surface area contributed by atoms with Gasteiger partial charge in [-0.25, -0.2) is 0 Å². The Morgan fingerprint density at radius 1 is 0.905 bits per heavy atom. The van der Waals surface area contributed by atoms with Gasteiger partial charge < -0.3 is 5.32 Å². The number of hydrogen-bond acceptors (Lipinski definition) is 1. The minimum atomic E-state index is 0.477. The molecule has 0 radical (unpaired) electrons. The minimum Gasteiger partial charge on any atom is -0.381 e. The molecule has 2 unspecified atom stereocenters. The molecule has 1 N–H and O–H groups in total. The summed E-state index contributed by atoms with van der Waals surface area (Å²) in [5.74, 6) is 0.482. The summed E-state index contributed by atoms with van der Waals surface area (Å²) in [6, 6.07) is 11.1. The average Bonchev–Trinajstić information content (AvgIpc) is 2.74. The summed E-state index contributed by atoms with van der Waals surface area (Å²) in [7, 11) is 0. The first-order chi connectivity index (χ1) is 10.4. The molecule has 0 fully saturated rings. The van der Waals surface area contributed by atoms with Crippen molar-refractivity contribution in [3.8, 4) is 0 Å². The second kappa shape index (κ2) is 5.25. The van der Waals surface area contributed by atoms with E-state index in [1.807, 2.05) is 0 Å². The second-order valence-electron chi connectivity index (χ2n) is 5.93. The summed E-state index contributed by atoms with van der Waals surface area (Å²) < 4.78 is 0. The molecule has 1 nitrogen and oxygen atoms in total. The molecule has 4 rings (SSSR count). The maximum absolute atomic E-state index is 3.71. The summed E-state index contributed by atoms with van der Waals surface area (Å²) in [6.07, 6.45) is 18.1. The maximum Gasteiger partial charge on any atom is 0.0394 e. The van der Waals surface area contributed by atoms with Gasteiger partial charge in [0.05, 0.1) is 0 Å². The molecule has 1 heteroatoms. The normalized spacial score (nSPS) is 31.5. The van der Waals surface area contributed by atoms with Crippen LogP contribution in [0.25, 0.3) is 5.70 Å². The fourth-order valence-electron chi connectivity index (χ4n) is 3.32. The molecule has 2 bridgehead atoms. The summed E-state index contributed by atoms with van der Waals surface area (Å²) in [5.41, 5.74) is 5.41. The molecule has 0 saturated heterocycles. The Morgan fingerprint density at radius 3 is 2.57 bits per heavy atom. The third-order valence-corrected chi connectivity index (χ3v) is 4.43. The highest BCUT2D eigenvalue weighted by Gasteiger charge is 2.26. The lowest BCUT2D eigenvalue weighted by Gasteiger charge is -2.20. The summed E-state index contributed by atoms with van der Waals surface area (Å²) >= 11 is 0. The van der Waals surface area contributed by atoms with Gasteiger partial charge in [0, 0.05) is 17.7 Å². The first-order valence-electron chi connectivity index (χ1n) is 7.67. The highest BCUT2D eigenvalue weighted by atomic mass is 15.0. The predicted molar refractivity (Wildman–Crippen MR) is 88.5 cm³/mol. The van der Waals surface area contributed by atoms with E-state index in [1.165, 1.54) is 22.4 Å². The fraction of sp³-hybridized carbons (Fsp3) is 0.200. The Kier molecular flexibility index (Phi) is 3.11. The Morgan fingerprint density at radius 2 is 1.71 bits per heavy atom. The van der Waals surface area contributed by atoms with Gasteiger partial charge in [-0.1, -0.05) is 72.9 Å². The van der Waals surface area contributed by atoms with Crippen LogP contribution in [0.4, 0.5) is 0 Å². The zero-order valence-corrected chi connectivity index (χ0v) is 12.0. The molecule has 21 heavy (non-hydrogen) atoms. The maximum atomic E-state index is 3.71. The van der Waals surface area contributed by atoms with Gasteiger partial charge in [0.15, 0.2) is 0 Å². The van der Waals surface area contributed by atoms with Crippen LogP contribution in [0.1, 0.15) is 18.4 Å². The standard InChI is InChI=1S/C20H19N/c1-2-8-17(9-3-1)20-14-18-13-16-7-5-4-6-15(12-16)10-11-19(18)21-20/h1-10,13-14,18-19,21H,11-12H2/b15-10-,16-13-. The number of benzene rings is 1. The number of allylic oxidation sites excluding steroid dienone is 6. The zero-order valence-electron chi connectivity index (χ0n) is 12.0. The van der Waals surface area contributed by atoms with Gasteiger partial charge in [-0.3, -0.25) is 0 Å². The van der Waals surface area contributed by atoms with Gasteiger partial charge >= 0.3 is 0 Å². The van der Waals surface area contributed by atoms with Crippen molar-refractivity contribution >= 4 is 5.70 Å². The monoisotopic (exact) mass is 273 g/mol. The molecule has 1 aliphatic heterocycles. The van der Waals surface area contributed by atoms with Crippen molar-refractivity contribution in [1.82, 2.24) is 5.32 Å². The molecule has 3 aliphatic rings. The molecular formula is C20H19N. The molecule has 2 atom stereocenters. The molecule has 2 aliphatic carbocycles. The summed E-state index contributed by atoms with van der Waals surface area (Å²) in [4.78, 5) is 0. The van der Waals surface area contributed by atoms with Crippen molar-refractivity contribution in [2.24, 2.45) is 5.92 Å². The number of hydrogen-bond donors (Lipinski definition) is 1. The SMILES string of the molecule is C1=C/C2=C/CC3NC(c4ccccc4)=CC3/C=C(/C=C1)C2. The van der Waals surface area contributed by atoms with Gasteiger partial charge in [0.25, 0.3) is 0 Å². The van der Waals surface area contributed by atoms with Gasteiger partial charge in [-0.05, 0) is 29.6 Å². The van der Waals surface area contributed by atoms with Crippen molar-refractivity contribution in [2.75, 3.05) is 0 Å². The van der Waals surface area contributed by atoms with Crippen LogP contribution in [0.15, 0.2) is 84.0 Å². The largest absolute Gasteiger partial charge is 0.381 e. The second-order valence-corrected chi connectivity index (χ2v) is 5.93. The number of nitrogens with one attached hydrogen (secondary N) is 1. The third-order valence-electron chi connectivity index (χ3n) is 4.43. The quantitative estimate of drug-likeness (QED) is 0.800. The van der Waals surface area contributed by atoms with Crippen molar-refractivity contribution < 1.29 is 0 Å². The molecular weight excluding hydrogens is 254 g/mol. The van der Waals surface area contributed by atoms with Crippen molar-refractivity contribution in [3.63, 3.8) is 0 Å². The van der Waals surface area contributed by atoms with E-state index < -0.39 is 0 Å². The highest BCUT2D eigenvalue weighted by molar-refractivity contribution is 5.67. The molecule has 0 saturated carbocycles. The molecule has 0 spiro atoms. The Hall–Kier alpha value is -2.28. The van der Waals surface area contributed by atoms with Crippen LogP contribution in [0, 0.1) is 5.92 Å². The van der Waals surface area contributed by atoms with Crippen molar-refractivity contribution in [3.05, 3.63) is 89.6 Å². The Balaban J connectivity index is 1.68. The number of rotatable bonds is 1. The van der Waals surface area contributed by atoms with E-state index in [4.69, 9.17) is 0 Å². The fourth-order valence-corrected chi connectivity index (χ4v) is 3.32. The Bertz CT molecular complexity index is 686. The van der Waals surface area contributed by atoms with E-state index in [2.05, 4.69) is 78.2 Å². The van der Waals surface area contributed by atoms with Gasteiger partial charge in [0.2, 0.25) is 0 Å². The van der Waals surface area contributed by atoms with Crippen LogP contribution in [-0.2, 0) is 0 Å². The van der Waals surface area contributed by atoms with Crippen molar-refractivity contribution in [1.29, 1.82) is 0 Å². The van der Waals surface area contributed by atoms with Crippen LogP contribution in [-0.4, -0.2) is 6.04 Å². The van der Waals surface area contributed by atoms with Crippen LogP contribution in [0.5, 0.6) is 0 Å². The van der Waals surface area contributed by atoms with Crippen LogP contribution < -0.4 is 5.32 Å². The highest BCUT2D eigenvalue weighted by Crippen LogP contribution is 2.32. The molecule has 1 aromatic carbocycles. The van der Waals surface area contributed by atoms with E-state index in [1.54, 1.807) is 0 Å². The zero-order chi connectivity index (χ0) is 14.1. The summed E-state index contributed by atoms with van der Waals surface area (Å²) in [5, 5.41) is 3.71. The molecule has 0 amide bonds. The number of fused-ring (bicyclic) bond motifs is 3. The minimum absolute atomic E-state index is 0.477. The van der Waals surface area contributed by atoms with Crippen LogP contribution in [0.2, 0.25) is 0 Å². The molecule has 1 aromatic rings. The van der Waals surface area contributed by atoms with Crippen LogP contribution >= 0.6 is 0 Å².